The van der Waals surface area contributed by atoms with Crippen LogP contribution in [0.15, 0.2) is 63.0 Å². The summed E-state index contributed by atoms with van der Waals surface area (Å²) in [6, 6.07) is 7.52. The van der Waals surface area contributed by atoms with E-state index >= 15 is 0 Å². The number of benzene rings is 1. The predicted molar refractivity (Wildman–Crippen MR) is 107 cm³/mol. The molecule has 0 unspecified atom stereocenters. The molecule has 132 valence electrons. The van der Waals surface area contributed by atoms with Crippen molar-refractivity contribution in [2.24, 2.45) is 0 Å². The third-order valence-electron chi connectivity index (χ3n) is 3.47. The van der Waals surface area contributed by atoms with Gasteiger partial charge in [-0.1, -0.05) is 36.4 Å². The lowest BCUT2D eigenvalue weighted by molar-refractivity contribution is 0.488. The van der Waals surface area contributed by atoms with Crippen LogP contribution in [0.4, 0.5) is 0 Å². The Hall–Kier alpha value is -2.16. The van der Waals surface area contributed by atoms with Crippen LogP contribution in [0, 0.1) is 3.57 Å². The normalized spacial score (nSPS) is 10.7. The molecule has 6 nitrogen and oxygen atoms in total. The van der Waals surface area contributed by atoms with Gasteiger partial charge in [-0.25, -0.2) is 28.1 Å². The van der Waals surface area contributed by atoms with Gasteiger partial charge < -0.3 is 0 Å². The quantitative estimate of drug-likeness (QED) is 0.497. The first kappa shape index (κ1) is 19.2. The van der Waals surface area contributed by atoms with Gasteiger partial charge in [-0.3, -0.25) is 0 Å². The molecule has 0 fully saturated rings. The van der Waals surface area contributed by atoms with E-state index in [0.717, 1.165) is 22.8 Å². The average molecular weight is 453 g/mol. The molecule has 0 spiro atoms. The van der Waals surface area contributed by atoms with Crippen LogP contribution in [-0.4, -0.2) is 13.7 Å². The monoisotopic (exact) mass is 453 g/mol. The van der Waals surface area contributed by atoms with E-state index in [9.17, 15) is 14.4 Å². The first-order valence-corrected chi connectivity index (χ1v) is 8.76. The van der Waals surface area contributed by atoms with Crippen LogP contribution >= 0.6 is 22.6 Å². The van der Waals surface area contributed by atoms with Gasteiger partial charge in [0.2, 0.25) is 0 Å². The zero-order valence-corrected chi connectivity index (χ0v) is 16.4. The van der Waals surface area contributed by atoms with Gasteiger partial charge in [-0.05, 0) is 54.1 Å². The van der Waals surface area contributed by atoms with E-state index in [1.807, 2.05) is 24.3 Å². The van der Waals surface area contributed by atoms with Crippen molar-refractivity contribution in [1.82, 2.24) is 13.7 Å². The predicted octanol–water partition coefficient (Wildman–Crippen LogP) is 1.98. The molecule has 0 saturated heterocycles. The number of hydrogen-bond acceptors (Lipinski definition) is 3. The molecule has 0 aliphatic rings. The molecule has 7 heteroatoms. The Morgan fingerprint density at radius 1 is 0.920 bits per heavy atom. The van der Waals surface area contributed by atoms with Gasteiger partial charge in [-0.15, -0.1) is 0 Å². The van der Waals surface area contributed by atoms with Crippen molar-refractivity contribution in [3.63, 3.8) is 0 Å². The molecule has 0 radical (unpaired) electrons. The average Bonchev–Trinajstić information content (AvgIpc) is 2.52. The summed E-state index contributed by atoms with van der Waals surface area (Å²) in [5, 5.41) is 0. The van der Waals surface area contributed by atoms with Gasteiger partial charge in [0.05, 0.1) is 19.6 Å². The largest absolute Gasteiger partial charge is 0.336 e. The van der Waals surface area contributed by atoms with Crippen LogP contribution in [-0.2, 0) is 19.6 Å². The Balaban J connectivity index is 2.71. The number of rotatable bonds is 6. The summed E-state index contributed by atoms with van der Waals surface area (Å²) in [4.78, 5) is 38.0. The van der Waals surface area contributed by atoms with E-state index in [1.54, 1.807) is 13.8 Å². The SMILES string of the molecule is C=C(C)Cn1c(=O)n(CC(=C)C)c(=O)n(Cc2cccc(I)c2)c1=O. The van der Waals surface area contributed by atoms with E-state index in [-0.39, 0.29) is 19.6 Å². The Labute approximate surface area is 158 Å². The summed E-state index contributed by atoms with van der Waals surface area (Å²) in [7, 11) is 0. The summed E-state index contributed by atoms with van der Waals surface area (Å²) in [6.07, 6.45) is 0. The van der Waals surface area contributed by atoms with Gasteiger partial charge >= 0.3 is 17.1 Å². The van der Waals surface area contributed by atoms with Gasteiger partial charge in [-0.2, -0.15) is 0 Å². The first-order valence-electron chi connectivity index (χ1n) is 7.68. The zero-order valence-electron chi connectivity index (χ0n) is 14.3. The lowest BCUT2D eigenvalue weighted by Gasteiger charge is -2.14. The number of nitrogens with zero attached hydrogens (tertiary/aromatic N) is 3. The van der Waals surface area contributed by atoms with Crippen LogP contribution in [0.1, 0.15) is 19.4 Å². The molecule has 25 heavy (non-hydrogen) atoms. The zero-order chi connectivity index (χ0) is 18.7. The molecule has 0 aliphatic carbocycles. The summed E-state index contributed by atoms with van der Waals surface area (Å²) in [5.41, 5.74) is 0.221. The van der Waals surface area contributed by atoms with Crippen molar-refractivity contribution in [3.8, 4) is 0 Å². The maximum atomic E-state index is 12.7. The Morgan fingerprint density at radius 2 is 1.40 bits per heavy atom. The van der Waals surface area contributed by atoms with Gasteiger partial charge in [0.25, 0.3) is 0 Å². The molecule has 2 aromatic rings. The third kappa shape index (κ3) is 4.47. The molecule has 0 bridgehead atoms. The van der Waals surface area contributed by atoms with Crippen LogP contribution < -0.4 is 17.1 Å². The van der Waals surface area contributed by atoms with E-state index in [2.05, 4.69) is 35.7 Å². The highest BCUT2D eigenvalue weighted by molar-refractivity contribution is 14.1. The van der Waals surface area contributed by atoms with Crippen molar-refractivity contribution in [2.75, 3.05) is 0 Å². The lowest BCUT2D eigenvalue weighted by atomic mass is 10.2. The van der Waals surface area contributed by atoms with Gasteiger partial charge in [0.15, 0.2) is 0 Å². The molecule has 0 amide bonds. The highest BCUT2D eigenvalue weighted by atomic mass is 127. The summed E-state index contributed by atoms with van der Waals surface area (Å²) in [5.74, 6) is 0. The fourth-order valence-electron chi connectivity index (χ4n) is 2.45. The highest BCUT2D eigenvalue weighted by Gasteiger charge is 2.16. The first-order chi connectivity index (χ1) is 11.7. The summed E-state index contributed by atoms with van der Waals surface area (Å²) in [6.45, 7) is 11.2. The summed E-state index contributed by atoms with van der Waals surface area (Å²) < 4.78 is 4.17. The Bertz CT molecular complexity index is 957. The van der Waals surface area contributed by atoms with Crippen LogP contribution in [0.3, 0.4) is 0 Å². The minimum atomic E-state index is -0.639. The van der Waals surface area contributed by atoms with E-state index in [0.29, 0.717) is 11.1 Å². The Kier molecular flexibility index (Phi) is 5.99. The molecule has 1 aromatic heterocycles. The molecular weight excluding hydrogens is 433 g/mol. The summed E-state index contributed by atoms with van der Waals surface area (Å²) >= 11 is 2.17. The Morgan fingerprint density at radius 3 is 1.84 bits per heavy atom. The standard InChI is InChI=1S/C18H20IN3O3/c1-12(2)9-20-16(23)21(10-13(3)4)18(25)22(17(20)24)11-14-6-5-7-15(19)8-14/h5-8H,1,3,9-11H2,2,4H3. The molecule has 1 aromatic carbocycles. The minimum Gasteiger partial charge on any atom is -0.247 e. The molecular formula is C18H20IN3O3. The van der Waals surface area contributed by atoms with Crippen molar-refractivity contribution in [2.45, 2.75) is 33.5 Å². The second kappa shape index (κ2) is 7.81. The molecule has 0 atom stereocenters. The fraction of sp³-hybridized carbons (Fsp3) is 0.278. The number of halogens is 1. The highest BCUT2D eigenvalue weighted by Crippen LogP contribution is 2.08. The molecule has 0 aliphatic heterocycles. The number of hydrogen-bond donors (Lipinski definition) is 0. The van der Waals surface area contributed by atoms with Crippen molar-refractivity contribution in [1.29, 1.82) is 0 Å². The molecule has 1 heterocycles. The second-order valence-corrected chi connectivity index (χ2v) is 7.40. The molecule has 2 rings (SSSR count). The maximum absolute atomic E-state index is 12.7. The topological polar surface area (TPSA) is 66.0 Å². The number of allylic oxidation sites excluding steroid dienone is 2. The number of aromatic nitrogens is 3. The van der Waals surface area contributed by atoms with Gasteiger partial charge in [0, 0.05) is 3.57 Å². The van der Waals surface area contributed by atoms with Crippen molar-refractivity contribution >= 4 is 22.6 Å². The molecule has 0 N–H and O–H groups in total. The van der Waals surface area contributed by atoms with Crippen molar-refractivity contribution in [3.05, 3.63) is 89.2 Å². The van der Waals surface area contributed by atoms with Crippen molar-refractivity contribution < 1.29 is 0 Å². The van der Waals surface area contributed by atoms with Crippen LogP contribution in [0.25, 0.3) is 0 Å². The molecule has 0 saturated carbocycles. The fourth-order valence-corrected chi connectivity index (χ4v) is 3.05. The van der Waals surface area contributed by atoms with E-state index < -0.39 is 17.1 Å². The van der Waals surface area contributed by atoms with E-state index in [4.69, 9.17) is 0 Å². The smallest absolute Gasteiger partial charge is 0.247 e. The minimum absolute atomic E-state index is 0.0699. The second-order valence-electron chi connectivity index (χ2n) is 6.15. The van der Waals surface area contributed by atoms with Gasteiger partial charge in [0.1, 0.15) is 0 Å². The van der Waals surface area contributed by atoms with Crippen LogP contribution in [0.2, 0.25) is 0 Å². The van der Waals surface area contributed by atoms with E-state index in [1.165, 1.54) is 0 Å². The maximum Gasteiger partial charge on any atom is 0.336 e. The lowest BCUT2D eigenvalue weighted by Crippen LogP contribution is -2.54. The third-order valence-corrected chi connectivity index (χ3v) is 4.14. The van der Waals surface area contributed by atoms with Crippen LogP contribution in [0.5, 0.6) is 0 Å².